The molecule has 0 atom stereocenters. The molecule has 124 heavy (non-hydrogen) atoms. The van der Waals surface area contributed by atoms with Gasteiger partial charge in [0.1, 0.15) is 0 Å². The van der Waals surface area contributed by atoms with Crippen LogP contribution in [-0.2, 0) is 62.2 Å². The molecular formula is C122H148N2. The summed E-state index contributed by atoms with van der Waals surface area (Å²) >= 11 is 0. The molecule has 0 saturated heterocycles. The van der Waals surface area contributed by atoms with Crippen molar-refractivity contribution in [2.24, 2.45) is 0 Å². The number of hydrogen-bond donors (Lipinski definition) is 0. The van der Waals surface area contributed by atoms with Gasteiger partial charge in [-0.05, 0) is 354 Å². The van der Waals surface area contributed by atoms with E-state index in [-0.39, 0.29) is 10.8 Å². The van der Waals surface area contributed by atoms with E-state index in [1.54, 1.807) is 11.1 Å². The molecule has 0 bridgehead atoms. The summed E-state index contributed by atoms with van der Waals surface area (Å²) in [6, 6.07) is 84.7. The summed E-state index contributed by atoms with van der Waals surface area (Å²) in [5.41, 5.74) is 50.8. The fourth-order valence-electron chi connectivity index (χ4n) is 21.8. The number of aryl methyl sites for hydroxylation is 20. The molecule has 0 fully saturated rings. The molecule has 12 aromatic carbocycles. The summed E-state index contributed by atoms with van der Waals surface area (Å²) in [4.78, 5) is 5.14. The van der Waals surface area contributed by atoms with E-state index in [4.69, 9.17) is 0 Å². The predicted octanol–water partition coefficient (Wildman–Crippen LogP) is 34.8. The molecule has 16 rings (SSSR count). The number of nitrogens with zero attached hydrogens (tertiary/aromatic N) is 2. The van der Waals surface area contributed by atoms with Crippen LogP contribution in [0.2, 0.25) is 0 Å². The predicted molar refractivity (Wildman–Crippen MR) is 539 cm³/mol. The van der Waals surface area contributed by atoms with E-state index in [0.717, 1.165) is 19.3 Å². The van der Waals surface area contributed by atoms with Gasteiger partial charge in [-0.2, -0.15) is 0 Å². The number of rotatable bonds is 36. The van der Waals surface area contributed by atoms with Gasteiger partial charge in [-0.3, -0.25) is 0 Å². The molecule has 0 aromatic heterocycles. The average molecular weight is 1640 g/mol. The lowest BCUT2D eigenvalue weighted by atomic mass is 9.65. The molecule has 2 nitrogen and oxygen atoms in total. The van der Waals surface area contributed by atoms with Gasteiger partial charge in [-0.25, -0.2) is 0 Å². The van der Waals surface area contributed by atoms with Gasteiger partial charge in [0.05, 0.1) is 16.8 Å². The Morgan fingerprint density at radius 3 is 0.935 bits per heavy atom. The minimum atomic E-state index is -0.383. The zero-order valence-corrected chi connectivity index (χ0v) is 79.5. The quantitative estimate of drug-likeness (QED) is 0.0361. The summed E-state index contributed by atoms with van der Waals surface area (Å²) < 4.78 is 0. The molecule has 646 valence electrons. The summed E-state index contributed by atoms with van der Waals surface area (Å²) in [5, 5.41) is 0. The Labute approximate surface area is 751 Å². The Morgan fingerprint density at radius 1 is 0.234 bits per heavy atom. The molecule has 4 aliphatic rings. The maximum Gasteiger partial charge on any atom is 0.0713 e. The van der Waals surface area contributed by atoms with E-state index in [1.165, 1.54) is 375 Å². The Balaban J connectivity index is 0.000000197. The third-order valence-corrected chi connectivity index (χ3v) is 28.6. The van der Waals surface area contributed by atoms with E-state index in [2.05, 4.69) is 340 Å². The minimum absolute atomic E-state index is 0.238. The van der Waals surface area contributed by atoms with Crippen LogP contribution in [0.25, 0.3) is 22.3 Å². The van der Waals surface area contributed by atoms with E-state index < -0.39 is 0 Å². The van der Waals surface area contributed by atoms with Crippen LogP contribution in [0.1, 0.15) is 333 Å². The van der Waals surface area contributed by atoms with E-state index in [1.807, 2.05) is 0 Å². The van der Waals surface area contributed by atoms with Crippen molar-refractivity contribution in [3.8, 4) is 22.3 Å². The normalized spacial score (nSPS) is 13.3. The van der Waals surface area contributed by atoms with Crippen molar-refractivity contribution in [1.82, 2.24) is 0 Å². The van der Waals surface area contributed by atoms with Crippen molar-refractivity contribution in [3.05, 3.63) is 363 Å². The van der Waals surface area contributed by atoms with Crippen molar-refractivity contribution in [2.75, 3.05) is 9.80 Å². The van der Waals surface area contributed by atoms with E-state index >= 15 is 0 Å². The highest BCUT2D eigenvalue weighted by molar-refractivity contribution is 5.92. The third-order valence-electron chi connectivity index (χ3n) is 28.6. The summed E-state index contributed by atoms with van der Waals surface area (Å²) in [6.45, 7) is 38.7. The fourth-order valence-corrected chi connectivity index (χ4v) is 21.8. The first-order chi connectivity index (χ1) is 60.2. The molecule has 0 amide bonds. The molecule has 0 aliphatic heterocycles. The molecule has 0 N–H and O–H groups in total. The molecule has 0 radical (unpaired) electrons. The van der Waals surface area contributed by atoms with Crippen molar-refractivity contribution >= 4 is 34.1 Å². The zero-order valence-electron chi connectivity index (χ0n) is 79.5. The first-order valence-electron chi connectivity index (χ1n) is 49.1. The Bertz CT molecular complexity index is 5280. The number of hydrogen-bond acceptors (Lipinski definition) is 2. The number of anilines is 6. The molecule has 0 unspecified atom stereocenters. The van der Waals surface area contributed by atoms with Crippen molar-refractivity contribution in [1.29, 1.82) is 0 Å². The van der Waals surface area contributed by atoms with Crippen LogP contribution < -0.4 is 9.80 Å². The minimum Gasteiger partial charge on any atom is -0.310 e. The topological polar surface area (TPSA) is 6.48 Å². The lowest BCUT2D eigenvalue weighted by Gasteiger charge is -2.37. The van der Waals surface area contributed by atoms with Gasteiger partial charge >= 0.3 is 0 Å². The number of benzene rings is 12. The van der Waals surface area contributed by atoms with Crippen LogP contribution in [0.3, 0.4) is 0 Å². The van der Waals surface area contributed by atoms with Gasteiger partial charge < -0.3 is 9.80 Å². The number of unbranched alkanes of at least 4 members (excludes halogenated alkanes) is 17. The highest BCUT2D eigenvalue weighted by Gasteiger charge is 2.49. The van der Waals surface area contributed by atoms with Crippen LogP contribution in [-0.4, -0.2) is 0 Å². The van der Waals surface area contributed by atoms with Crippen LogP contribution in [0.5, 0.6) is 0 Å². The second kappa shape index (κ2) is 41.6. The fraction of sp³-hybridized carbons (Fsp3) is 0.410. The van der Waals surface area contributed by atoms with Crippen LogP contribution in [0, 0.1) is 83.1 Å². The van der Waals surface area contributed by atoms with Gasteiger partial charge in [0.25, 0.3) is 0 Å². The second-order valence-electron chi connectivity index (χ2n) is 38.5. The maximum atomic E-state index is 2.69. The molecule has 2 heteroatoms. The SMILES string of the molecule is CCCCCCCCC1(c2cc(CCCCCC)cc(CCCCCC)c2)c2cc(N(c3ccc(C)cc3)c3c(C)cc(C)cc3C)ccc2-c2ccc(N(c3ccc(C)cc3)c3c(C)cc(C)cc3C)cc21.CCCCCCc1cc(C)c(CCCCCC)cc1C.Cc1ccc2c(c1)C(c1ccc3c(c1)CC3)(c1ccc3c(c1)CC3)c1cc(C)ccc1-2. The van der Waals surface area contributed by atoms with Crippen molar-refractivity contribution < 1.29 is 0 Å². The first kappa shape index (κ1) is 90.5. The van der Waals surface area contributed by atoms with Crippen molar-refractivity contribution in [2.45, 2.75) is 328 Å². The van der Waals surface area contributed by atoms with Gasteiger partial charge in [-0.15, -0.1) is 0 Å². The molecular weight excluding hydrogens is 1490 g/mol. The molecule has 0 spiro atoms. The summed E-state index contributed by atoms with van der Waals surface area (Å²) in [5.74, 6) is 0. The summed E-state index contributed by atoms with van der Waals surface area (Å²) in [6.07, 6.45) is 39.3. The smallest absolute Gasteiger partial charge is 0.0713 e. The van der Waals surface area contributed by atoms with Crippen LogP contribution >= 0.6 is 0 Å². The highest BCUT2D eigenvalue weighted by atomic mass is 15.2. The molecule has 0 heterocycles. The van der Waals surface area contributed by atoms with Gasteiger partial charge in [-0.1, -0.05) is 347 Å². The average Bonchev–Trinajstić information content (AvgIpc) is 1.53. The maximum absolute atomic E-state index is 2.69. The molecule has 12 aromatic rings. The van der Waals surface area contributed by atoms with Crippen molar-refractivity contribution in [3.63, 3.8) is 0 Å². The Hall–Kier alpha value is -9.76. The first-order valence-corrected chi connectivity index (χ1v) is 49.1. The number of fused-ring (bicyclic) bond motifs is 8. The van der Waals surface area contributed by atoms with Gasteiger partial charge in [0, 0.05) is 28.2 Å². The van der Waals surface area contributed by atoms with Crippen LogP contribution in [0.4, 0.5) is 34.1 Å². The third kappa shape index (κ3) is 19.7. The lowest BCUT2D eigenvalue weighted by molar-refractivity contribution is 0.505. The Morgan fingerprint density at radius 2 is 0.565 bits per heavy atom. The van der Waals surface area contributed by atoms with Crippen LogP contribution in [0.15, 0.2) is 212 Å². The van der Waals surface area contributed by atoms with Gasteiger partial charge in [0.15, 0.2) is 0 Å². The van der Waals surface area contributed by atoms with Gasteiger partial charge in [0.2, 0.25) is 0 Å². The van der Waals surface area contributed by atoms with E-state index in [9.17, 15) is 0 Å². The Kier molecular flexibility index (Phi) is 30.3. The molecule has 4 aliphatic carbocycles. The highest BCUT2D eigenvalue weighted by Crippen LogP contribution is 2.61. The molecule has 0 saturated carbocycles. The standard InChI is InChI=1S/C71H88N2.C31H26.C20H34/c1-12-15-18-21-22-25-40-71(60-46-58(26-23-19-16-13-2)45-59(47-60)27-24-20-17-14-3)67-48-63(72(61-32-28-50(4)29-33-61)69-54(8)41-52(6)42-55(69)9)36-38-65(67)66-39-37-64(49-68(66)71)73(62-34-30-51(5)31-35-62)70-56(10)43-53(7)44-57(70)11;1-19-3-13-27-28-14-4-20(2)16-30(28)31(29(27)15-19,25-11-9-21-5-7-23(21)17-25)26-12-10-22-6-8-24(22)18-26;1-5-7-9-11-13-19-15-18(4)20(16-17(19)3)14-12-10-8-6-2/h28-39,41-49H,12-27,40H2,1-11H3;3-4,9-18H,5-8H2,1-2H3;15-16H,5-14H2,1-4H3. The monoisotopic (exact) mass is 1640 g/mol. The zero-order chi connectivity index (χ0) is 87.2. The second-order valence-corrected chi connectivity index (χ2v) is 38.5. The largest absolute Gasteiger partial charge is 0.310 e. The lowest BCUT2D eigenvalue weighted by Crippen LogP contribution is -2.30. The summed E-state index contributed by atoms with van der Waals surface area (Å²) in [7, 11) is 0. The van der Waals surface area contributed by atoms with E-state index in [0.29, 0.717) is 0 Å².